The van der Waals surface area contributed by atoms with Crippen LogP contribution in [0.5, 0.6) is 5.75 Å². The number of thioether (sulfide) groups is 1. The molecule has 0 aliphatic carbocycles. The number of carbonyl (C=O) groups excluding carboxylic acids is 1. The smallest absolute Gasteiger partial charge is 0.234 e. The van der Waals surface area contributed by atoms with Crippen LogP contribution in [0.3, 0.4) is 0 Å². The van der Waals surface area contributed by atoms with E-state index in [0.717, 1.165) is 28.3 Å². The van der Waals surface area contributed by atoms with Gasteiger partial charge < -0.3 is 10.1 Å². The van der Waals surface area contributed by atoms with Gasteiger partial charge in [-0.3, -0.25) is 9.36 Å². The Morgan fingerprint density at radius 2 is 1.61 bits per heavy atom. The second kappa shape index (κ2) is 10.4. The number of rotatable bonds is 8. The molecule has 3 aromatic carbocycles. The normalized spacial score (nSPS) is 10.8. The number of nitrogens with zero attached hydrogens (tertiary/aromatic N) is 3. The van der Waals surface area contributed by atoms with Crippen molar-refractivity contribution in [3.05, 3.63) is 95.3 Å². The van der Waals surface area contributed by atoms with Crippen LogP contribution >= 0.6 is 11.8 Å². The van der Waals surface area contributed by atoms with Crippen molar-refractivity contribution in [1.29, 1.82) is 0 Å². The molecule has 33 heavy (non-hydrogen) atoms. The van der Waals surface area contributed by atoms with Gasteiger partial charge in [0, 0.05) is 11.4 Å². The molecule has 0 aliphatic heterocycles. The minimum absolute atomic E-state index is 0.0857. The molecule has 1 aromatic heterocycles. The SMILES string of the molecule is Cc1ccc(OCc2nnc(SCC(=O)Nc3c(C)cccc3C)n2-c2ccccc2)cc1. The topological polar surface area (TPSA) is 69.0 Å². The van der Waals surface area contributed by atoms with Gasteiger partial charge in [-0.15, -0.1) is 10.2 Å². The van der Waals surface area contributed by atoms with E-state index in [1.165, 1.54) is 17.3 Å². The molecule has 0 spiro atoms. The summed E-state index contributed by atoms with van der Waals surface area (Å²) in [6.07, 6.45) is 0. The lowest BCUT2D eigenvalue weighted by molar-refractivity contribution is -0.113. The van der Waals surface area contributed by atoms with Crippen molar-refractivity contribution in [2.75, 3.05) is 11.1 Å². The van der Waals surface area contributed by atoms with Crippen LogP contribution in [-0.2, 0) is 11.4 Å². The third kappa shape index (κ3) is 5.62. The highest BCUT2D eigenvalue weighted by atomic mass is 32.2. The van der Waals surface area contributed by atoms with E-state index in [2.05, 4.69) is 15.5 Å². The number of hydrogen-bond donors (Lipinski definition) is 1. The van der Waals surface area contributed by atoms with Crippen LogP contribution in [-0.4, -0.2) is 26.4 Å². The molecule has 1 heterocycles. The van der Waals surface area contributed by atoms with Gasteiger partial charge in [-0.1, -0.05) is 65.9 Å². The van der Waals surface area contributed by atoms with Crippen molar-refractivity contribution in [3.8, 4) is 11.4 Å². The maximum atomic E-state index is 12.7. The molecule has 0 saturated carbocycles. The largest absolute Gasteiger partial charge is 0.486 e. The number of amides is 1. The Kier molecular flexibility index (Phi) is 7.10. The van der Waals surface area contributed by atoms with Gasteiger partial charge in [-0.25, -0.2) is 0 Å². The highest BCUT2D eigenvalue weighted by molar-refractivity contribution is 7.99. The molecule has 1 N–H and O–H groups in total. The van der Waals surface area contributed by atoms with Gasteiger partial charge in [0.25, 0.3) is 0 Å². The fraction of sp³-hybridized carbons (Fsp3) is 0.192. The van der Waals surface area contributed by atoms with Gasteiger partial charge in [0.1, 0.15) is 12.4 Å². The highest BCUT2D eigenvalue weighted by Crippen LogP contribution is 2.25. The molecule has 4 rings (SSSR count). The maximum absolute atomic E-state index is 12.7. The minimum atomic E-state index is -0.0857. The number of aryl methyl sites for hydroxylation is 3. The quantitative estimate of drug-likeness (QED) is 0.353. The molecule has 0 saturated heterocycles. The van der Waals surface area contributed by atoms with Crippen molar-refractivity contribution in [3.63, 3.8) is 0 Å². The van der Waals surface area contributed by atoms with Crippen molar-refractivity contribution < 1.29 is 9.53 Å². The Morgan fingerprint density at radius 1 is 0.909 bits per heavy atom. The van der Waals surface area contributed by atoms with E-state index < -0.39 is 0 Å². The Morgan fingerprint density at radius 3 is 2.30 bits per heavy atom. The summed E-state index contributed by atoms with van der Waals surface area (Å²) in [6.45, 7) is 6.28. The van der Waals surface area contributed by atoms with Crippen molar-refractivity contribution in [1.82, 2.24) is 14.8 Å². The van der Waals surface area contributed by atoms with E-state index in [0.29, 0.717) is 11.0 Å². The zero-order valence-electron chi connectivity index (χ0n) is 18.9. The number of anilines is 1. The summed E-state index contributed by atoms with van der Waals surface area (Å²) < 4.78 is 7.88. The molecule has 6 nitrogen and oxygen atoms in total. The standard InChI is InChI=1S/C26H26N4O2S/c1-18-12-14-22(15-13-18)32-16-23-28-29-26(30(23)21-10-5-4-6-11-21)33-17-24(31)27-25-19(2)8-7-9-20(25)3/h4-15H,16-17H2,1-3H3,(H,27,31). The van der Waals surface area contributed by atoms with Crippen molar-refractivity contribution in [2.24, 2.45) is 0 Å². The van der Waals surface area contributed by atoms with Gasteiger partial charge in [-0.05, 0) is 56.2 Å². The molecule has 0 aliphatic rings. The monoisotopic (exact) mass is 458 g/mol. The molecule has 7 heteroatoms. The van der Waals surface area contributed by atoms with E-state index in [1.807, 2.05) is 98.1 Å². The number of nitrogens with one attached hydrogen (secondary N) is 1. The number of para-hydroxylation sites is 2. The van der Waals surface area contributed by atoms with Crippen LogP contribution in [0.2, 0.25) is 0 Å². The third-order valence-electron chi connectivity index (χ3n) is 5.18. The van der Waals surface area contributed by atoms with Gasteiger partial charge in [0.15, 0.2) is 11.0 Å². The average Bonchev–Trinajstić information content (AvgIpc) is 3.23. The predicted molar refractivity (Wildman–Crippen MR) is 132 cm³/mol. The van der Waals surface area contributed by atoms with E-state index >= 15 is 0 Å². The number of carbonyl (C=O) groups is 1. The number of benzene rings is 3. The highest BCUT2D eigenvalue weighted by Gasteiger charge is 2.17. The molecule has 4 aromatic rings. The number of hydrogen-bond acceptors (Lipinski definition) is 5. The van der Waals surface area contributed by atoms with E-state index in [-0.39, 0.29) is 18.3 Å². The minimum Gasteiger partial charge on any atom is -0.486 e. The third-order valence-corrected chi connectivity index (χ3v) is 6.11. The van der Waals surface area contributed by atoms with Gasteiger partial charge in [0.2, 0.25) is 5.91 Å². The van der Waals surface area contributed by atoms with Crippen molar-refractivity contribution >= 4 is 23.4 Å². The molecule has 0 bridgehead atoms. The average molecular weight is 459 g/mol. The predicted octanol–water partition coefficient (Wildman–Crippen LogP) is 5.50. The summed E-state index contributed by atoms with van der Waals surface area (Å²) in [4.78, 5) is 12.7. The van der Waals surface area contributed by atoms with Crippen LogP contribution in [0.1, 0.15) is 22.5 Å². The molecule has 0 fully saturated rings. The van der Waals surface area contributed by atoms with Gasteiger partial charge in [0.05, 0.1) is 5.75 Å². The first-order valence-corrected chi connectivity index (χ1v) is 11.7. The molecular weight excluding hydrogens is 432 g/mol. The molecule has 0 unspecified atom stereocenters. The summed E-state index contributed by atoms with van der Waals surface area (Å²) in [6, 6.07) is 23.7. The Balaban J connectivity index is 1.50. The molecule has 0 radical (unpaired) electrons. The first-order valence-electron chi connectivity index (χ1n) is 10.7. The summed E-state index contributed by atoms with van der Waals surface area (Å²) in [7, 11) is 0. The fourth-order valence-electron chi connectivity index (χ4n) is 3.42. The second-order valence-corrected chi connectivity index (χ2v) is 8.72. The zero-order valence-corrected chi connectivity index (χ0v) is 19.7. The van der Waals surface area contributed by atoms with E-state index in [9.17, 15) is 4.79 Å². The Bertz CT molecular complexity index is 1220. The Hall–Kier alpha value is -3.58. The summed E-state index contributed by atoms with van der Waals surface area (Å²) in [5, 5.41) is 12.4. The number of aromatic nitrogens is 3. The number of ether oxygens (including phenoxy) is 1. The first-order chi connectivity index (χ1) is 16.0. The van der Waals surface area contributed by atoms with E-state index in [1.54, 1.807) is 0 Å². The van der Waals surface area contributed by atoms with Crippen LogP contribution in [0.4, 0.5) is 5.69 Å². The second-order valence-electron chi connectivity index (χ2n) is 7.78. The van der Waals surface area contributed by atoms with E-state index in [4.69, 9.17) is 4.74 Å². The summed E-state index contributed by atoms with van der Waals surface area (Å²) in [5.74, 6) is 1.57. The van der Waals surface area contributed by atoms with Crippen LogP contribution < -0.4 is 10.1 Å². The lowest BCUT2D eigenvalue weighted by Crippen LogP contribution is -2.16. The summed E-state index contributed by atoms with van der Waals surface area (Å²) in [5.41, 5.74) is 5.03. The molecule has 0 atom stereocenters. The lowest BCUT2D eigenvalue weighted by Gasteiger charge is -2.12. The van der Waals surface area contributed by atoms with Crippen LogP contribution in [0.25, 0.3) is 5.69 Å². The van der Waals surface area contributed by atoms with Crippen LogP contribution in [0.15, 0.2) is 78.0 Å². The Labute approximate surface area is 198 Å². The summed E-state index contributed by atoms with van der Waals surface area (Å²) >= 11 is 1.35. The van der Waals surface area contributed by atoms with Crippen LogP contribution in [0, 0.1) is 20.8 Å². The molecular formula is C26H26N4O2S. The lowest BCUT2D eigenvalue weighted by atomic mass is 10.1. The van der Waals surface area contributed by atoms with Gasteiger partial charge in [-0.2, -0.15) is 0 Å². The molecule has 168 valence electrons. The fourth-order valence-corrected chi connectivity index (χ4v) is 4.19. The molecule has 1 amide bonds. The first kappa shape index (κ1) is 22.6. The van der Waals surface area contributed by atoms with Gasteiger partial charge >= 0.3 is 0 Å². The zero-order chi connectivity index (χ0) is 23.2. The van der Waals surface area contributed by atoms with Crippen molar-refractivity contribution in [2.45, 2.75) is 32.5 Å². The maximum Gasteiger partial charge on any atom is 0.234 e.